The lowest BCUT2D eigenvalue weighted by Crippen LogP contribution is -2.31. The minimum Gasteiger partial charge on any atom is -0.351 e. The highest BCUT2D eigenvalue weighted by atomic mass is 79.9. The van der Waals surface area contributed by atoms with Crippen LogP contribution in [0, 0.1) is 6.92 Å². The van der Waals surface area contributed by atoms with E-state index in [4.69, 9.17) is 0 Å². The van der Waals surface area contributed by atoms with Crippen molar-refractivity contribution in [3.05, 3.63) is 33.8 Å². The Morgan fingerprint density at radius 2 is 2.24 bits per heavy atom. The maximum atomic E-state index is 12.1. The number of rotatable bonds is 4. The Hall–Kier alpha value is -0.480. The molecule has 0 radical (unpaired) electrons. The monoisotopic (exact) mass is 313 g/mol. The molecule has 1 fully saturated rings. The summed E-state index contributed by atoms with van der Waals surface area (Å²) in [5, 5.41) is 3.03. The van der Waals surface area contributed by atoms with E-state index in [9.17, 15) is 4.79 Å². The summed E-state index contributed by atoms with van der Waals surface area (Å²) < 4.78 is 1.21. The Balaban J connectivity index is 2.02. The first kappa shape index (κ1) is 13.0. The molecule has 2 rings (SSSR count). The number of amides is 1. The van der Waals surface area contributed by atoms with Crippen molar-refractivity contribution in [1.82, 2.24) is 5.32 Å². The van der Waals surface area contributed by atoms with E-state index in [0.29, 0.717) is 4.75 Å². The van der Waals surface area contributed by atoms with Crippen molar-refractivity contribution in [3.8, 4) is 0 Å². The van der Waals surface area contributed by atoms with Gasteiger partial charge in [0.2, 0.25) is 0 Å². The Kier molecular flexibility index (Phi) is 3.83. The predicted molar refractivity (Wildman–Crippen MR) is 76.7 cm³/mol. The maximum Gasteiger partial charge on any atom is 0.252 e. The number of carbonyl (C=O) groups excluding carboxylic acids is 1. The van der Waals surface area contributed by atoms with Crippen LogP contribution in [0.25, 0.3) is 0 Å². The van der Waals surface area contributed by atoms with Gasteiger partial charge in [-0.25, -0.2) is 0 Å². The third-order valence-corrected chi connectivity index (χ3v) is 5.72. The fraction of sp³-hybridized carbons (Fsp3) is 0.462. The second kappa shape index (κ2) is 5.02. The maximum absolute atomic E-state index is 12.1. The standard InChI is InChI=1S/C13H16BrNOS/c1-9-4-3-5-10(11(9)14)12(16)15-8-13(17-2)6-7-13/h3-5H,6-8H2,1-2H3,(H,15,16). The summed E-state index contributed by atoms with van der Waals surface area (Å²) in [6.07, 6.45) is 4.54. The fourth-order valence-electron chi connectivity index (χ4n) is 1.75. The quantitative estimate of drug-likeness (QED) is 0.923. The molecule has 0 unspecified atom stereocenters. The van der Waals surface area contributed by atoms with E-state index in [2.05, 4.69) is 27.5 Å². The Morgan fingerprint density at radius 1 is 1.53 bits per heavy atom. The number of carbonyl (C=O) groups is 1. The summed E-state index contributed by atoms with van der Waals surface area (Å²) in [5.74, 6) is 0.0147. The zero-order valence-corrected chi connectivity index (χ0v) is 12.5. The average Bonchev–Trinajstić information content (AvgIpc) is 3.10. The van der Waals surface area contributed by atoms with Gasteiger partial charge in [-0.3, -0.25) is 4.79 Å². The molecular formula is C13H16BrNOS. The Labute approximate surface area is 115 Å². The van der Waals surface area contributed by atoms with Crippen LogP contribution in [0.3, 0.4) is 0 Å². The molecule has 17 heavy (non-hydrogen) atoms. The van der Waals surface area contributed by atoms with Crippen molar-refractivity contribution < 1.29 is 4.79 Å². The smallest absolute Gasteiger partial charge is 0.252 e. The third kappa shape index (κ3) is 2.86. The minimum atomic E-state index is 0.0147. The zero-order chi connectivity index (χ0) is 12.5. The van der Waals surface area contributed by atoms with Crippen molar-refractivity contribution in [2.45, 2.75) is 24.5 Å². The van der Waals surface area contributed by atoms with Crippen LogP contribution in [0.1, 0.15) is 28.8 Å². The highest BCUT2D eigenvalue weighted by Gasteiger charge is 2.42. The molecule has 92 valence electrons. The SMILES string of the molecule is CSC1(CNC(=O)c2cccc(C)c2Br)CC1. The normalized spacial score (nSPS) is 16.6. The molecule has 0 spiro atoms. The summed E-state index contributed by atoms with van der Waals surface area (Å²) in [5.41, 5.74) is 1.81. The molecule has 1 aromatic carbocycles. The van der Waals surface area contributed by atoms with Crippen molar-refractivity contribution in [3.63, 3.8) is 0 Å². The molecule has 4 heteroatoms. The highest BCUT2D eigenvalue weighted by Crippen LogP contribution is 2.46. The van der Waals surface area contributed by atoms with Crippen molar-refractivity contribution in [2.75, 3.05) is 12.8 Å². The Bertz CT molecular complexity index is 443. The number of hydrogen-bond acceptors (Lipinski definition) is 2. The van der Waals surface area contributed by atoms with Gasteiger partial charge in [0.15, 0.2) is 0 Å². The van der Waals surface area contributed by atoms with Crippen LogP contribution in [-0.2, 0) is 0 Å². The second-order valence-electron chi connectivity index (χ2n) is 4.51. The molecule has 1 saturated carbocycles. The molecule has 0 heterocycles. The zero-order valence-electron chi connectivity index (χ0n) is 10.0. The molecule has 1 aromatic rings. The minimum absolute atomic E-state index is 0.0147. The number of nitrogens with one attached hydrogen (secondary N) is 1. The highest BCUT2D eigenvalue weighted by molar-refractivity contribution is 9.10. The lowest BCUT2D eigenvalue weighted by Gasteiger charge is -2.14. The summed E-state index contributed by atoms with van der Waals surface area (Å²) in [6, 6.07) is 5.76. The van der Waals surface area contributed by atoms with Crippen molar-refractivity contribution >= 4 is 33.6 Å². The molecule has 1 aliphatic rings. The third-order valence-electron chi connectivity index (χ3n) is 3.25. The van der Waals surface area contributed by atoms with Crippen LogP contribution in [0.5, 0.6) is 0 Å². The first-order chi connectivity index (χ1) is 8.08. The molecule has 0 aliphatic heterocycles. The number of benzene rings is 1. The van der Waals surface area contributed by atoms with E-state index < -0.39 is 0 Å². The van der Waals surface area contributed by atoms with Gasteiger partial charge in [-0.1, -0.05) is 12.1 Å². The molecule has 1 aliphatic carbocycles. The first-order valence-corrected chi connectivity index (χ1v) is 7.68. The molecular weight excluding hydrogens is 298 g/mol. The van der Waals surface area contributed by atoms with E-state index in [-0.39, 0.29) is 5.91 Å². The molecule has 0 saturated heterocycles. The number of thioether (sulfide) groups is 1. The van der Waals surface area contributed by atoms with E-state index in [1.807, 2.05) is 36.9 Å². The molecule has 1 N–H and O–H groups in total. The van der Waals surface area contributed by atoms with Crippen LogP contribution in [0.15, 0.2) is 22.7 Å². The lowest BCUT2D eigenvalue weighted by atomic mass is 10.1. The molecule has 0 bridgehead atoms. The van der Waals surface area contributed by atoms with Gasteiger partial charge < -0.3 is 5.32 Å². The van der Waals surface area contributed by atoms with Crippen LogP contribution in [0.4, 0.5) is 0 Å². The van der Waals surface area contributed by atoms with Crippen LogP contribution >= 0.6 is 27.7 Å². The number of halogens is 1. The van der Waals surface area contributed by atoms with Gasteiger partial charge in [0.1, 0.15) is 0 Å². The number of aryl methyl sites for hydroxylation is 1. The fourth-order valence-corrected chi connectivity index (χ4v) is 2.92. The van der Waals surface area contributed by atoms with Gasteiger partial charge in [0.25, 0.3) is 5.91 Å². The molecule has 0 atom stereocenters. The van der Waals surface area contributed by atoms with Gasteiger partial charge in [-0.05, 0) is 53.6 Å². The topological polar surface area (TPSA) is 29.1 Å². The van der Waals surface area contributed by atoms with Gasteiger partial charge in [-0.2, -0.15) is 11.8 Å². The van der Waals surface area contributed by atoms with E-state index in [1.165, 1.54) is 12.8 Å². The van der Waals surface area contributed by atoms with Crippen molar-refractivity contribution in [1.29, 1.82) is 0 Å². The molecule has 1 amide bonds. The van der Waals surface area contributed by atoms with E-state index in [1.54, 1.807) is 0 Å². The van der Waals surface area contributed by atoms with E-state index >= 15 is 0 Å². The summed E-state index contributed by atoms with van der Waals surface area (Å²) in [6.45, 7) is 2.76. The van der Waals surface area contributed by atoms with Crippen LogP contribution < -0.4 is 5.32 Å². The summed E-state index contributed by atoms with van der Waals surface area (Å²) in [7, 11) is 0. The largest absolute Gasteiger partial charge is 0.351 e. The van der Waals surface area contributed by atoms with E-state index in [0.717, 1.165) is 22.1 Å². The predicted octanol–water partition coefficient (Wildman–Crippen LogP) is 3.38. The van der Waals surface area contributed by atoms with Crippen molar-refractivity contribution in [2.24, 2.45) is 0 Å². The number of hydrogen-bond donors (Lipinski definition) is 1. The summed E-state index contributed by atoms with van der Waals surface area (Å²) >= 11 is 5.32. The lowest BCUT2D eigenvalue weighted by molar-refractivity contribution is 0.0952. The first-order valence-electron chi connectivity index (χ1n) is 5.66. The van der Waals surface area contributed by atoms with Gasteiger partial charge in [0.05, 0.1) is 5.56 Å². The summed E-state index contributed by atoms with van der Waals surface area (Å²) in [4.78, 5) is 12.1. The second-order valence-corrected chi connectivity index (χ2v) is 6.57. The Morgan fingerprint density at radius 3 is 2.82 bits per heavy atom. The molecule has 0 aromatic heterocycles. The van der Waals surface area contributed by atoms with Gasteiger partial charge >= 0.3 is 0 Å². The average molecular weight is 314 g/mol. The molecule has 2 nitrogen and oxygen atoms in total. The van der Waals surface area contributed by atoms with Crippen LogP contribution in [-0.4, -0.2) is 23.5 Å². The van der Waals surface area contributed by atoms with Crippen LogP contribution in [0.2, 0.25) is 0 Å². The van der Waals surface area contributed by atoms with Gasteiger partial charge in [0, 0.05) is 15.8 Å². The van der Waals surface area contributed by atoms with Gasteiger partial charge in [-0.15, -0.1) is 0 Å².